The largest absolute Gasteiger partial charge is 0.464 e. The maximum absolute atomic E-state index is 13.5. The molecule has 2 aromatic carbocycles. The molecule has 0 saturated carbocycles. The molecule has 5 heteroatoms. The van der Waals surface area contributed by atoms with Gasteiger partial charge >= 0.3 is 5.97 Å². The van der Waals surface area contributed by atoms with Crippen LogP contribution >= 0.6 is 11.3 Å². The summed E-state index contributed by atoms with van der Waals surface area (Å²) in [5.74, 6) is -0.846. The van der Waals surface area contributed by atoms with Crippen LogP contribution in [0.2, 0.25) is 0 Å². The van der Waals surface area contributed by atoms with Gasteiger partial charge in [-0.15, -0.1) is 11.3 Å². The van der Waals surface area contributed by atoms with E-state index in [0.717, 1.165) is 22.3 Å². The smallest absolute Gasteiger partial charge is 0.334 e. The number of ether oxygens (including phenoxy) is 1. The van der Waals surface area contributed by atoms with Crippen LogP contribution in [-0.4, -0.2) is 30.9 Å². The second-order valence-electron chi connectivity index (χ2n) is 7.11. The lowest BCUT2D eigenvalue weighted by Gasteiger charge is -2.32. The van der Waals surface area contributed by atoms with Gasteiger partial charge < -0.3 is 4.74 Å². The molecule has 4 rings (SSSR count). The molecule has 1 N–H and O–H groups in total. The Labute approximate surface area is 174 Å². The second-order valence-corrected chi connectivity index (χ2v) is 8.06. The van der Waals surface area contributed by atoms with Crippen LogP contribution in [-0.2, 0) is 9.53 Å². The average Bonchev–Trinajstić information content (AvgIpc) is 3.39. The SMILES string of the molecule is CCOC(=O)C(CC1c2ccccc2-c2ccccc21)(NC)C(=O)c1cccs1. The maximum atomic E-state index is 13.5. The lowest BCUT2D eigenvalue weighted by atomic mass is 9.79. The highest BCUT2D eigenvalue weighted by Crippen LogP contribution is 2.48. The number of rotatable bonds is 7. The third-order valence-corrected chi connectivity index (χ3v) is 6.52. The highest BCUT2D eigenvalue weighted by molar-refractivity contribution is 7.12. The number of carbonyl (C=O) groups excluding carboxylic acids is 2. The minimum Gasteiger partial charge on any atom is -0.464 e. The molecule has 0 amide bonds. The van der Waals surface area contributed by atoms with Gasteiger partial charge in [0.2, 0.25) is 5.78 Å². The van der Waals surface area contributed by atoms with Crippen LogP contribution in [0.15, 0.2) is 66.0 Å². The summed E-state index contributed by atoms with van der Waals surface area (Å²) in [6.45, 7) is 1.98. The molecule has 3 aromatic rings. The first-order valence-electron chi connectivity index (χ1n) is 9.75. The van der Waals surface area contributed by atoms with Crippen LogP contribution in [0.5, 0.6) is 0 Å². The molecule has 0 fully saturated rings. The van der Waals surface area contributed by atoms with Crippen LogP contribution in [0.25, 0.3) is 11.1 Å². The predicted octanol–water partition coefficient (Wildman–Crippen LogP) is 4.65. The number of hydrogen-bond acceptors (Lipinski definition) is 5. The normalized spacial score (nSPS) is 14.7. The molecule has 1 atom stereocenters. The molecule has 4 nitrogen and oxygen atoms in total. The van der Waals surface area contributed by atoms with Gasteiger partial charge in [0.15, 0.2) is 5.54 Å². The summed E-state index contributed by atoms with van der Waals surface area (Å²) in [4.78, 5) is 27.2. The van der Waals surface area contributed by atoms with E-state index in [2.05, 4.69) is 29.6 Å². The first-order chi connectivity index (χ1) is 14.1. The van der Waals surface area contributed by atoms with Crippen molar-refractivity contribution in [2.24, 2.45) is 0 Å². The Bertz CT molecular complexity index is 998. The Morgan fingerprint density at radius 1 is 1.00 bits per heavy atom. The third-order valence-electron chi connectivity index (χ3n) is 5.66. The molecule has 148 valence electrons. The van der Waals surface area contributed by atoms with Gasteiger partial charge in [-0.25, -0.2) is 4.79 Å². The van der Waals surface area contributed by atoms with Crippen molar-refractivity contribution in [1.82, 2.24) is 5.32 Å². The summed E-state index contributed by atoms with van der Waals surface area (Å²) >= 11 is 1.34. The van der Waals surface area contributed by atoms with Gasteiger partial charge in [-0.05, 0) is 54.1 Å². The predicted molar refractivity (Wildman–Crippen MR) is 115 cm³/mol. The van der Waals surface area contributed by atoms with Crippen molar-refractivity contribution in [3.8, 4) is 11.1 Å². The van der Waals surface area contributed by atoms with Crippen molar-refractivity contribution < 1.29 is 14.3 Å². The fourth-order valence-corrected chi connectivity index (χ4v) is 4.99. The van der Waals surface area contributed by atoms with E-state index in [1.165, 1.54) is 11.3 Å². The standard InChI is InChI=1S/C24H23NO3S/c1-3-28-23(27)24(25-2,22(26)21-13-8-14-29-21)15-20-18-11-6-4-9-16(18)17-10-5-7-12-19(17)20/h4-14,20,25H,3,15H2,1-2H3. The third kappa shape index (κ3) is 3.20. The van der Waals surface area contributed by atoms with Crippen LogP contribution in [0.1, 0.15) is 40.1 Å². The summed E-state index contributed by atoms with van der Waals surface area (Å²) in [6.07, 6.45) is 0.299. The van der Waals surface area contributed by atoms with Crippen molar-refractivity contribution >= 4 is 23.1 Å². The topological polar surface area (TPSA) is 55.4 Å². The molecule has 0 radical (unpaired) electrons. The molecule has 0 bridgehead atoms. The summed E-state index contributed by atoms with van der Waals surface area (Å²) in [7, 11) is 1.66. The highest BCUT2D eigenvalue weighted by atomic mass is 32.1. The quantitative estimate of drug-likeness (QED) is 0.353. The number of hydrogen-bond donors (Lipinski definition) is 1. The Morgan fingerprint density at radius 2 is 1.62 bits per heavy atom. The first kappa shape index (κ1) is 19.6. The van der Waals surface area contributed by atoms with E-state index in [9.17, 15) is 9.59 Å². The molecule has 1 aliphatic rings. The van der Waals surface area contributed by atoms with E-state index in [-0.39, 0.29) is 18.3 Å². The van der Waals surface area contributed by atoms with Crippen LogP contribution in [0.4, 0.5) is 0 Å². The summed E-state index contributed by atoms with van der Waals surface area (Å²) in [5.41, 5.74) is 3.14. The molecule has 0 saturated heterocycles. The minimum absolute atomic E-state index is 0.0804. The number of benzene rings is 2. The number of fused-ring (bicyclic) bond motifs is 3. The van der Waals surface area contributed by atoms with Crippen molar-refractivity contribution in [1.29, 1.82) is 0 Å². The van der Waals surface area contributed by atoms with Crippen LogP contribution in [0.3, 0.4) is 0 Å². The average molecular weight is 406 g/mol. The minimum atomic E-state index is -1.45. The zero-order valence-corrected chi connectivity index (χ0v) is 17.3. The highest BCUT2D eigenvalue weighted by Gasteiger charge is 2.50. The number of thiophene rings is 1. The summed E-state index contributed by atoms with van der Waals surface area (Å²) in [5, 5.41) is 4.91. The molecule has 1 heterocycles. The van der Waals surface area contributed by atoms with Gasteiger partial charge in [-0.3, -0.25) is 10.1 Å². The van der Waals surface area contributed by atoms with Gasteiger partial charge in [-0.1, -0.05) is 54.6 Å². The number of Topliss-reactive ketones (excluding diaryl/α,β-unsaturated/α-hetero) is 1. The zero-order valence-electron chi connectivity index (χ0n) is 16.5. The second kappa shape index (κ2) is 7.93. The van der Waals surface area contributed by atoms with Crippen molar-refractivity contribution in [3.63, 3.8) is 0 Å². The molecule has 0 aliphatic heterocycles. The molecule has 0 spiro atoms. The first-order valence-corrected chi connectivity index (χ1v) is 10.6. The number of nitrogens with one attached hydrogen (secondary N) is 1. The number of ketones is 1. The molecule has 1 unspecified atom stereocenters. The Morgan fingerprint density at radius 3 is 2.14 bits per heavy atom. The molecular formula is C24H23NO3S. The number of likely N-dealkylation sites (N-methyl/N-ethyl adjacent to an activating group) is 1. The van der Waals surface area contributed by atoms with Gasteiger partial charge in [-0.2, -0.15) is 0 Å². The fourth-order valence-electron chi connectivity index (χ4n) is 4.24. The van der Waals surface area contributed by atoms with E-state index in [4.69, 9.17) is 4.74 Å². The van der Waals surface area contributed by atoms with Crippen molar-refractivity contribution in [2.75, 3.05) is 13.7 Å². The lowest BCUT2D eigenvalue weighted by Crippen LogP contribution is -2.58. The van der Waals surface area contributed by atoms with Gasteiger partial charge in [0, 0.05) is 5.92 Å². The summed E-state index contributed by atoms with van der Waals surface area (Å²) in [6, 6.07) is 20.0. The monoisotopic (exact) mass is 405 g/mol. The van der Waals surface area contributed by atoms with E-state index in [1.54, 1.807) is 20.0 Å². The number of esters is 1. The molecule has 1 aliphatic carbocycles. The van der Waals surface area contributed by atoms with Gasteiger partial charge in [0.05, 0.1) is 11.5 Å². The van der Waals surface area contributed by atoms with E-state index >= 15 is 0 Å². The van der Waals surface area contributed by atoms with E-state index in [0.29, 0.717) is 11.3 Å². The van der Waals surface area contributed by atoms with Crippen LogP contribution in [0, 0.1) is 0 Å². The molecular weight excluding hydrogens is 382 g/mol. The Kier molecular flexibility index (Phi) is 5.35. The van der Waals surface area contributed by atoms with Gasteiger partial charge in [0.1, 0.15) is 0 Å². The van der Waals surface area contributed by atoms with Gasteiger partial charge in [0.25, 0.3) is 0 Å². The molecule has 1 aromatic heterocycles. The fraction of sp³-hybridized carbons (Fsp3) is 0.250. The van der Waals surface area contributed by atoms with E-state index in [1.807, 2.05) is 35.7 Å². The maximum Gasteiger partial charge on any atom is 0.334 e. The van der Waals surface area contributed by atoms with Crippen molar-refractivity contribution in [3.05, 3.63) is 82.0 Å². The Balaban J connectivity index is 1.83. The molecule has 29 heavy (non-hydrogen) atoms. The lowest BCUT2D eigenvalue weighted by molar-refractivity contribution is -0.149. The summed E-state index contributed by atoms with van der Waals surface area (Å²) < 4.78 is 5.39. The van der Waals surface area contributed by atoms with E-state index < -0.39 is 11.5 Å². The zero-order chi connectivity index (χ0) is 20.4. The van der Waals surface area contributed by atoms with Crippen LogP contribution < -0.4 is 5.32 Å². The van der Waals surface area contributed by atoms with Crippen molar-refractivity contribution in [2.45, 2.75) is 24.8 Å². The Hall–Kier alpha value is -2.76. The number of carbonyl (C=O) groups is 2.